The molecule has 3 aromatic rings. The number of nitrogens with one attached hydrogen (secondary N) is 1. The Bertz CT molecular complexity index is 1120. The summed E-state index contributed by atoms with van der Waals surface area (Å²) in [4.78, 5) is 25.4. The largest absolute Gasteiger partial charge is 0.493 e. The van der Waals surface area contributed by atoms with Crippen LogP contribution in [-0.4, -0.2) is 46.1 Å². The van der Waals surface area contributed by atoms with Crippen LogP contribution >= 0.6 is 23.1 Å². The number of carbonyl (C=O) groups excluding carboxylic acids is 2. The number of aromatic nitrogens is 3. The van der Waals surface area contributed by atoms with Gasteiger partial charge in [0.25, 0.3) is 0 Å². The van der Waals surface area contributed by atoms with Crippen LogP contribution in [0.15, 0.2) is 48.1 Å². The minimum atomic E-state index is -0.486. The molecule has 0 aliphatic carbocycles. The molecule has 0 unspecified atom stereocenters. The van der Waals surface area contributed by atoms with E-state index in [0.717, 1.165) is 10.4 Å². The smallest absolute Gasteiger partial charge is 0.340 e. The van der Waals surface area contributed by atoms with Gasteiger partial charge in [0, 0.05) is 11.4 Å². The number of thioether (sulfide) groups is 1. The second kappa shape index (κ2) is 11.0. The number of ether oxygens (including phenoxy) is 2. The highest BCUT2D eigenvalue weighted by atomic mass is 32.2. The number of esters is 1. The van der Waals surface area contributed by atoms with E-state index in [-0.39, 0.29) is 11.7 Å². The second-order valence-electron chi connectivity index (χ2n) is 6.56. The van der Waals surface area contributed by atoms with E-state index in [1.54, 1.807) is 12.1 Å². The first kappa shape index (κ1) is 23.6. The minimum absolute atomic E-state index is 0.0972. The highest BCUT2D eigenvalue weighted by Gasteiger charge is 2.20. The normalized spacial score (nSPS) is 10.6. The van der Waals surface area contributed by atoms with Crippen LogP contribution < -0.4 is 10.1 Å². The number of hydrogen-bond acceptors (Lipinski definition) is 8. The molecule has 0 saturated carbocycles. The number of nitrogens with zero attached hydrogens (tertiary/aromatic N) is 3. The number of para-hydroxylation sites is 1. The quantitative estimate of drug-likeness (QED) is 0.265. The summed E-state index contributed by atoms with van der Waals surface area (Å²) in [6, 6.07) is 9.31. The fourth-order valence-electron chi connectivity index (χ4n) is 2.98. The summed E-state index contributed by atoms with van der Waals surface area (Å²) in [5.74, 6) is 0.705. The number of anilines is 1. The van der Waals surface area contributed by atoms with E-state index < -0.39 is 5.97 Å². The fourth-order valence-corrected chi connectivity index (χ4v) is 4.65. The third-order valence-electron chi connectivity index (χ3n) is 4.30. The maximum atomic E-state index is 12.6. The van der Waals surface area contributed by atoms with Crippen LogP contribution in [0.4, 0.5) is 5.00 Å². The Hall–Kier alpha value is -3.11. The lowest BCUT2D eigenvalue weighted by molar-refractivity contribution is -0.113. The van der Waals surface area contributed by atoms with Gasteiger partial charge < -0.3 is 14.8 Å². The summed E-state index contributed by atoms with van der Waals surface area (Å²) in [5, 5.41) is 12.5. The predicted octanol–water partition coefficient (Wildman–Crippen LogP) is 4.42. The number of carbonyl (C=O) groups is 2. The topological polar surface area (TPSA) is 95.3 Å². The molecule has 168 valence electrons. The Morgan fingerprint density at radius 2 is 2.09 bits per heavy atom. The summed E-state index contributed by atoms with van der Waals surface area (Å²) in [6.07, 6.45) is 1.75. The lowest BCUT2D eigenvalue weighted by Crippen LogP contribution is -2.16. The van der Waals surface area contributed by atoms with E-state index in [1.165, 1.54) is 30.2 Å². The van der Waals surface area contributed by atoms with Crippen molar-refractivity contribution in [3.05, 3.63) is 53.4 Å². The third kappa shape index (κ3) is 5.38. The Labute approximate surface area is 194 Å². The summed E-state index contributed by atoms with van der Waals surface area (Å²) in [7, 11) is 1.31. The molecule has 0 spiro atoms. The van der Waals surface area contributed by atoms with Crippen molar-refractivity contribution >= 4 is 40.0 Å². The number of rotatable bonds is 10. The molecule has 2 heterocycles. The van der Waals surface area contributed by atoms with E-state index in [0.29, 0.717) is 40.4 Å². The van der Waals surface area contributed by atoms with Gasteiger partial charge >= 0.3 is 5.97 Å². The zero-order valence-electron chi connectivity index (χ0n) is 18.1. The van der Waals surface area contributed by atoms with Gasteiger partial charge in [-0.25, -0.2) is 4.79 Å². The number of hydrogen-bond donors (Lipinski definition) is 1. The van der Waals surface area contributed by atoms with Crippen LogP contribution in [0.1, 0.15) is 22.2 Å². The number of methoxy groups -OCH3 is 1. The number of thiophene rings is 1. The van der Waals surface area contributed by atoms with E-state index in [9.17, 15) is 9.59 Å². The van der Waals surface area contributed by atoms with Gasteiger partial charge in [-0.2, -0.15) is 0 Å². The van der Waals surface area contributed by atoms with Crippen molar-refractivity contribution < 1.29 is 19.1 Å². The molecule has 10 heteroatoms. The van der Waals surface area contributed by atoms with Gasteiger partial charge in [0.05, 0.1) is 30.6 Å². The molecule has 8 nitrogen and oxygen atoms in total. The lowest BCUT2D eigenvalue weighted by atomic mass is 10.2. The van der Waals surface area contributed by atoms with Gasteiger partial charge in [-0.3, -0.25) is 9.36 Å². The first-order valence-corrected chi connectivity index (χ1v) is 11.7. The Balaban J connectivity index is 1.77. The number of amides is 1. The average molecular weight is 473 g/mol. The van der Waals surface area contributed by atoms with Crippen molar-refractivity contribution in [3.8, 4) is 17.1 Å². The molecule has 0 aliphatic rings. The van der Waals surface area contributed by atoms with E-state index in [1.807, 2.05) is 42.7 Å². The zero-order chi connectivity index (χ0) is 23.1. The average Bonchev–Trinajstić information content (AvgIpc) is 3.35. The van der Waals surface area contributed by atoms with E-state index in [4.69, 9.17) is 9.47 Å². The molecule has 0 aliphatic heterocycles. The van der Waals surface area contributed by atoms with Crippen LogP contribution in [0.5, 0.6) is 5.75 Å². The first-order chi connectivity index (χ1) is 15.5. The first-order valence-electron chi connectivity index (χ1n) is 9.86. The summed E-state index contributed by atoms with van der Waals surface area (Å²) < 4.78 is 12.4. The maximum Gasteiger partial charge on any atom is 0.340 e. The highest BCUT2D eigenvalue weighted by molar-refractivity contribution is 7.99. The predicted molar refractivity (Wildman–Crippen MR) is 127 cm³/mol. The second-order valence-corrected chi connectivity index (χ2v) is 8.76. The van der Waals surface area contributed by atoms with Crippen molar-refractivity contribution in [2.45, 2.75) is 25.5 Å². The van der Waals surface area contributed by atoms with Crippen molar-refractivity contribution in [2.75, 3.05) is 24.8 Å². The highest BCUT2D eigenvalue weighted by Crippen LogP contribution is 2.32. The van der Waals surface area contributed by atoms with Gasteiger partial charge in [0.2, 0.25) is 5.91 Å². The minimum Gasteiger partial charge on any atom is -0.493 e. The van der Waals surface area contributed by atoms with Crippen LogP contribution in [-0.2, 0) is 16.1 Å². The van der Waals surface area contributed by atoms with Crippen molar-refractivity contribution in [2.24, 2.45) is 0 Å². The van der Waals surface area contributed by atoms with Crippen molar-refractivity contribution in [1.29, 1.82) is 0 Å². The Morgan fingerprint density at radius 3 is 2.81 bits per heavy atom. The SMILES string of the molecule is C=CCn1c(SCC(=O)Nc2sc(C)cc2C(=O)OC)nnc1-c1ccccc1OCC. The van der Waals surface area contributed by atoms with Crippen molar-refractivity contribution in [3.63, 3.8) is 0 Å². The molecule has 1 aromatic carbocycles. The molecule has 1 amide bonds. The fraction of sp³-hybridized carbons (Fsp3) is 0.273. The molecule has 0 radical (unpaired) electrons. The van der Waals surface area contributed by atoms with Gasteiger partial charge in [0.15, 0.2) is 11.0 Å². The molecule has 0 bridgehead atoms. The van der Waals surface area contributed by atoms with Crippen LogP contribution in [0.2, 0.25) is 0 Å². The molecular weight excluding hydrogens is 448 g/mol. The summed E-state index contributed by atoms with van der Waals surface area (Å²) in [6.45, 7) is 8.61. The van der Waals surface area contributed by atoms with Gasteiger partial charge in [-0.1, -0.05) is 30.0 Å². The maximum absolute atomic E-state index is 12.6. The number of allylic oxidation sites excluding steroid dienone is 1. The van der Waals surface area contributed by atoms with Crippen LogP contribution in [0.25, 0.3) is 11.4 Å². The summed E-state index contributed by atoms with van der Waals surface area (Å²) >= 11 is 2.58. The third-order valence-corrected chi connectivity index (χ3v) is 6.23. The molecule has 0 saturated heterocycles. The molecule has 0 atom stereocenters. The Morgan fingerprint density at radius 1 is 1.31 bits per heavy atom. The standard InChI is InChI=1S/C22H24N4O4S2/c1-5-11-26-19(15-9-7-8-10-17(15)30-6-2)24-25-22(26)31-13-18(27)23-20-16(21(28)29-4)12-14(3)32-20/h5,7-10,12H,1,6,11,13H2,2-4H3,(H,23,27). The van der Waals surface area contributed by atoms with Gasteiger partial charge in [-0.15, -0.1) is 28.1 Å². The van der Waals surface area contributed by atoms with Gasteiger partial charge in [0.1, 0.15) is 10.8 Å². The molecule has 1 N–H and O–H groups in total. The van der Waals surface area contributed by atoms with Crippen molar-refractivity contribution in [1.82, 2.24) is 14.8 Å². The van der Waals surface area contributed by atoms with E-state index in [2.05, 4.69) is 22.1 Å². The molecular formula is C22H24N4O4S2. The molecule has 32 heavy (non-hydrogen) atoms. The van der Waals surface area contributed by atoms with E-state index >= 15 is 0 Å². The Kier molecular flexibility index (Phi) is 8.07. The summed E-state index contributed by atoms with van der Waals surface area (Å²) in [5.41, 5.74) is 1.16. The van der Waals surface area contributed by atoms with Gasteiger partial charge in [-0.05, 0) is 32.0 Å². The molecule has 0 fully saturated rings. The zero-order valence-corrected chi connectivity index (χ0v) is 19.7. The monoisotopic (exact) mass is 472 g/mol. The molecule has 2 aromatic heterocycles. The number of benzene rings is 1. The van der Waals surface area contributed by atoms with Crippen LogP contribution in [0.3, 0.4) is 0 Å². The number of aryl methyl sites for hydroxylation is 1. The molecule has 3 rings (SSSR count). The van der Waals surface area contributed by atoms with Crippen LogP contribution in [0, 0.1) is 6.92 Å². The lowest BCUT2D eigenvalue weighted by Gasteiger charge is -2.11.